The van der Waals surface area contributed by atoms with Crippen LogP contribution in [-0.2, 0) is 4.79 Å². The van der Waals surface area contributed by atoms with Crippen molar-refractivity contribution in [3.8, 4) is 0 Å². The lowest BCUT2D eigenvalue weighted by Crippen LogP contribution is -2.50. The van der Waals surface area contributed by atoms with E-state index in [4.69, 9.17) is 0 Å². The van der Waals surface area contributed by atoms with Gasteiger partial charge in [0.1, 0.15) is 5.82 Å². The Labute approximate surface area is 125 Å². The fraction of sp³-hybridized carbons (Fsp3) is 0.562. The summed E-state index contributed by atoms with van der Waals surface area (Å²) in [7, 11) is 0. The summed E-state index contributed by atoms with van der Waals surface area (Å²) in [5, 5.41) is 10.2. The summed E-state index contributed by atoms with van der Waals surface area (Å²) >= 11 is 0. The Bertz CT molecular complexity index is 485. The second-order valence-corrected chi connectivity index (χ2v) is 5.85. The van der Waals surface area contributed by atoms with Crippen LogP contribution in [0.1, 0.15) is 25.5 Å². The van der Waals surface area contributed by atoms with Crippen molar-refractivity contribution in [2.24, 2.45) is 5.92 Å². The molecule has 0 saturated carbocycles. The van der Waals surface area contributed by atoms with Gasteiger partial charge in [0.25, 0.3) is 0 Å². The van der Waals surface area contributed by atoms with Crippen LogP contribution in [0, 0.1) is 11.7 Å². The number of carbonyl (C=O) groups excluding carboxylic acids is 1. The molecule has 0 aromatic heterocycles. The molecular formula is C16H23FN2O2. The van der Waals surface area contributed by atoms with Crippen molar-refractivity contribution < 1.29 is 14.3 Å². The minimum absolute atomic E-state index is 0.0226. The molecule has 0 aliphatic carbocycles. The lowest BCUT2D eigenvalue weighted by molar-refractivity contribution is -0.136. The first-order valence-electron chi connectivity index (χ1n) is 7.42. The molecule has 0 bridgehead atoms. The smallest absolute Gasteiger partial charge is 0.225 e. The fourth-order valence-corrected chi connectivity index (χ4v) is 2.58. The largest absolute Gasteiger partial charge is 0.387 e. The zero-order valence-corrected chi connectivity index (χ0v) is 12.6. The van der Waals surface area contributed by atoms with Gasteiger partial charge in [0.05, 0.1) is 6.10 Å². The minimum atomic E-state index is -0.701. The van der Waals surface area contributed by atoms with E-state index in [0.717, 1.165) is 13.1 Å². The summed E-state index contributed by atoms with van der Waals surface area (Å²) < 4.78 is 13.2. The van der Waals surface area contributed by atoms with E-state index in [1.807, 2.05) is 18.7 Å². The first-order valence-corrected chi connectivity index (χ1v) is 7.42. The number of carbonyl (C=O) groups is 1. The van der Waals surface area contributed by atoms with E-state index in [-0.39, 0.29) is 17.6 Å². The van der Waals surface area contributed by atoms with E-state index in [1.54, 1.807) is 12.1 Å². The molecule has 2 rings (SSSR count). The molecule has 4 nitrogen and oxygen atoms in total. The molecule has 1 aliphatic heterocycles. The highest BCUT2D eigenvalue weighted by Gasteiger charge is 2.24. The van der Waals surface area contributed by atoms with Crippen molar-refractivity contribution in [3.05, 3.63) is 35.6 Å². The van der Waals surface area contributed by atoms with E-state index in [0.29, 0.717) is 25.2 Å². The van der Waals surface area contributed by atoms with Gasteiger partial charge in [0, 0.05) is 38.6 Å². The third-order valence-electron chi connectivity index (χ3n) is 3.84. The summed E-state index contributed by atoms with van der Waals surface area (Å²) in [5.74, 6) is -0.131. The Morgan fingerprint density at radius 2 is 1.95 bits per heavy atom. The lowest BCUT2D eigenvalue weighted by atomic mass is 10.1. The third-order valence-corrected chi connectivity index (χ3v) is 3.84. The van der Waals surface area contributed by atoms with Gasteiger partial charge in [-0.1, -0.05) is 26.0 Å². The van der Waals surface area contributed by atoms with Crippen LogP contribution >= 0.6 is 0 Å². The zero-order chi connectivity index (χ0) is 15.4. The van der Waals surface area contributed by atoms with Crippen LogP contribution in [0.2, 0.25) is 0 Å². The van der Waals surface area contributed by atoms with Crippen molar-refractivity contribution in [1.29, 1.82) is 0 Å². The van der Waals surface area contributed by atoms with Gasteiger partial charge in [-0.25, -0.2) is 4.39 Å². The molecule has 21 heavy (non-hydrogen) atoms. The van der Waals surface area contributed by atoms with Gasteiger partial charge in [0.2, 0.25) is 5.91 Å². The maximum atomic E-state index is 13.2. The Kier molecular flexibility index (Phi) is 5.31. The maximum Gasteiger partial charge on any atom is 0.225 e. The average molecular weight is 294 g/mol. The number of halogens is 1. The average Bonchev–Trinajstić information content (AvgIpc) is 2.47. The van der Waals surface area contributed by atoms with E-state index in [1.165, 1.54) is 12.1 Å². The van der Waals surface area contributed by atoms with Crippen LogP contribution in [0.3, 0.4) is 0 Å². The van der Waals surface area contributed by atoms with Gasteiger partial charge in [-0.2, -0.15) is 0 Å². The molecule has 1 amide bonds. The normalized spacial score (nSPS) is 18.0. The van der Waals surface area contributed by atoms with Gasteiger partial charge >= 0.3 is 0 Å². The van der Waals surface area contributed by atoms with Gasteiger partial charge in [-0.3, -0.25) is 9.69 Å². The van der Waals surface area contributed by atoms with Crippen molar-refractivity contribution in [3.63, 3.8) is 0 Å². The van der Waals surface area contributed by atoms with Crippen LogP contribution in [0.5, 0.6) is 0 Å². The molecular weight excluding hydrogens is 271 g/mol. The van der Waals surface area contributed by atoms with Crippen molar-refractivity contribution in [1.82, 2.24) is 9.80 Å². The number of hydrogen-bond donors (Lipinski definition) is 1. The van der Waals surface area contributed by atoms with Crippen LogP contribution in [0.25, 0.3) is 0 Å². The summed E-state index contributed by atoms with van der Waals surface area (Å²) in [6.45, 7) is 7.13. The molecule has 1 aromatic carbocycles. The molecule has 0 radical (unpaired) electrons. The van der Waals surface area contributed by atoms with Crippen LogP contribution < -0.4 is 0 Å². The highest BCUT2D eigenvalue weighted by molar-refractivity contribution is 5.78. The molecule has 1 heterocycles. The molecule has 116 valence electrons. The van der Waals surface area contributed by atoms with E-state index in [2.05, 4.69) is 4.90 Å². The number of β-amino-alcohol motifs (C(OH)–C–C–N with tert-alkyl or cyclic N) is 1. The number of aliphatic hydroxyl groups is 1. The first kappa shape index (κ1) is 15.9. The molecule has 1 aromatic rings. The van der Waals surface area contributed by atoms with Crippen molar-refractivity contribution >= 4 is 5.91 Å². The summed E-state index contributed by atoms with van der Waals surface area (Å²) in [5.41, 5.74) is 0.593. The second kappa shape index (κ2) is 7.00. The number of benzene rings is 1. The highest BCUT2D eigenvalue weighted by Crippen LogP contribution is 2.17. The summed E-state index contributed by atoms with van der Waals surface area (Å²) in [6.07, 6.45) is -0.701. The standard InChI is InChI=1S/C16H23FN2O2/c1-12(2)16(21)19-8-6-18(7-9-19)11-15(20)13-4-3-5-14(17)10-13/h3-5,10,12,15,20H,6-9,11H2,1-2H3/t15-/m1/s1. The van der Waals surface area contributed by atoms with E-state index in [9.17, 15) is 14.3 Å². The monoisotopic (exact) mass is 294 g/mol. The summed E-state index contributed by atoms with van der Waals surface area (Å²) in [6, 6.07) is 6.06. The molecule has 0 spiro atoms. The molecule has 1 aliphatic rings. The Morgan fingerprint density at radius 1 is 1.29 bits per heavy atom. The van der Waals surface area contributed by atoms with Gasteiger partial charge in [0.15, 0.2) is 0 Å². The second-order valence-electron chi connectivity index (χ2n) is 5.85. The number of piperazine rings is 1. The Hall–Kier alpha value is -1.46. The van der Waals surface area contributed by atoms with Crippen LogP contribution in [-0.4, -0.2) is 53.5 Å². The number of aliphatic hydroxyl groups excluding tert-OH is 1. The van der Waals surface area contributed by atoms with Crippen molar-refractivity contribution in [2.45, 2.75) is 20.0 Å². The van der Waals surface area contributed by atoms with E-state index < -0.39 is 6.10 Å². The Balaban J connectivity index is 1.85. The molecule has 1 saturated heterocycles. The van der Waals surface area contributed by atoms with E-state index >= 15 is 0 Å². The van der Waals surface area contributed by atoms with Gasteiger partial charge < -0.3 is 10.0 Å². The molecule has 1 fully saturated rings. The predicted molar refractivity (Wildman–Crippen MR) is 79.2 cm³/mol. The van der Waals surface area contributed by atoms with Gasteiger partial charge in [-0.05, 0) is 17.7 Å². The zero-order valence-electron chi connectivity index (χ0n) is 12.6. The molecule has 5 heteroatoms. The minimum Gasteiger partial charge on any atom is -0.387 e. The number of nitrogens with zero attached hydrogens (tertiary/aromatic N) is 2. The molecule has 1 N–H and O–H groups in total. The molecule has 0 unspecified atom stereocenters. The quantitative estimate of drug-likeness (QED) is 0.918. The van der Waals surface area contributed by atoms with Gasteiger partial charge in [-0.15, -0.1) is 0 Å². The van der Waals surface area contributed by atoms with Crippen molar-refractivity contribution in [2.75, 3.05) is 32.7 Å². The SMILES string of the molecule is CC(C)C(=O)N1CCN(C[C@@H](O)c2cccc(F)c2)CC1. The number of amides is 1. The topological polar surface area (TPSA) is 43.8 Å². The van der Waals surface area contributed by atoms with Crippen LogP contribution in [0.4, 0.5) is 4.39 Å². The fourth-order valence-electron chi connectivity index (χ4n) is 2.58. The predicted octanol–water partition coefficient (Wildman–Crippen LogP) is 1.66. The Morgan fingerprint density at radius 3 is 2.52 bits per heavy atom. The van der Waals surface area contributed by atoms with Crippen LogP contribution in [0.15, 0.2) is 24.3 Å². The lowest BCUT2D eigenvalue weighted by Gasteiger charge is -2.36. The first-order chi connectivity index (χ1) is 9.97. The highest BCUT2D eigenvalue weighted by atomic mass is 19.1. The number of hydrogen-bond acceptors (Lipinski definition) is 3. The molecule has 1 atom stereocenters. The third kappa shape index (κ3) is 4.25. The summed E-state index contributed by atoms with van der Waals surface area (Å²) in [4.78, 5) is 15.9. The maximum absolute atomic E-state index is 13.2. The number of rotatable bonds is 4.